The minimum absolute atomic E-state index is 0.228. The molecule has 1 amide bonds. The van der Waals surface area contributed by atoms with Crippen molar-refractivity contribution in [1.29, 1.82) is 0 Å². The fourth-order valence-corrected chi connectivity index (χ4v) is 3.49. The molecule has 1 aliphatic heterocycles. The van der Waals surface area contributed by atoms with Crippen LogP contribution >= 0.6 is 11.9 Å². The maximum atomic E-state index is 12.2. The van der Waals surface area contributed by atoms with Crippen molar-refractivity contribution in [3.05, 3.63) is 60.2 Å². The predicted molar refractivity (Wildman–Crippen MR) is 101 cm³/mol. The first-order valence-electron chi connectivity index (χ1n) is 8.44. The number of likely N-dealkylation sites (tertiary alicyclic amines) is 1. The molecule has 0 aromatic heterocycles. The Labute approximate surface area is 152 Å². The van der Waals surface area contributed by atoms with E-state index in [1.165, 1.54) is 0 Å². The van der Waals surface area contributed by atoms with Crippen LogP contribution in [-0.4, -0.2) is 30.1 Å². The van der Waals surface area contributed by atoms with Crippen molar-refractivity contribution in [3.63, 3.8) is 0 Å². The molecule has 0 spiro atoms. The van der Waals surface area contributed by atoms with Gasteiger partial charge >= 0.3 is 6.09 Å². The summed E-state index contributed by atoms with van der Waals surface area (Å²) in [6.07, 6.45) is 1.61. The number of benzene rings is 2. The molecule has 2 aromatic rings. The first-order valence-corrected chi connectivity index (χ1v) is 9.26. The van der Waals surface area contributed by atoms with Crippen LogP contribution in [0.15, 0.2) is 59.5 Å². The lowest BCUT2D eigenvalue weighted by molar-refractivity contribution is 0.0867. The van der Waals surface area contributed by atoms with Crippen LogP contribution in [0.1, 0.15) is 18.4 Å². The molecule has 1 heterocycles. The Balaban J connectivity index is 1.37. The first-order chi connectivity index (χ1) is 12.2. The number of nitrogens with two attached hydrogens (primary N) is 1. The molecular weight excluding hydrogens is 334 g/mol. The SMILES string of the molecule is Nc1ccc(SNC2CCN(C(=O)OCc3ccccc3)CC2)cc1. The number of carbonyl (C=O) groups excluding carboxylic acids is 1. The maximum Gasteiger partial charge on any atom is 0.410 e. The van der Waals surface area contributed by atoms with Gasteiger partial charge in [-0.2, -0.15) is 0 Å². The van der Waals surface area contributed by atoms with Crippen LogP contribution in [0, 0.1) is 0 Å². The summed E-state index contributed by atoms with van der Waals surface area (Å²) in [5.74, 6) is 0. The van der Waals surface area contributed by atoms with E-state index >= 15 is 0 Å². The largest absolute Gasteiger partial charge is 0.445 e. The van der Waals surface area contributed by atoms with E-state index < -0.39 is 0 Å². The fourth-order valence-electron chi connectivity index (χ4n) is 2.68. The molecule has 0 saturated carbocycles. The summed E-state index contributed by atoms with van der Waals surface area (Å²) in [5, 5.41) is 0. The summed E-state index contributed by atoms with van der Waals surface area (Å²) in [4.78, 5) is 15.1. The molecule has 132 valence electrons. The minimum atomic E-state index is -0.228. The highest BCUT2D eigenvalue weighted by molar-refractivity contribution is 7.97. The number of rotatable bonds is 5. The molecule has 0 aliphatic carbocycles. The molecule has 0 radical (unpaired) electrons. The van der Waals surface area contributed by atoms with E-state index in [9.17, 15) is 4.79 Å². The van der Waals surface area contributed by atoms with Crippen molar-refractivity contribution in [3.8, 4) is 0 Å². The van der Waals surface area contributed by atoms with Crippen LogP contribution in [0.25, 0.3) is 0 Å². The Morgan fingerprint density at radius 2 is 1.80 bits per heavy atom. The average Bonchev–Trinajstić information content (AvgIpc) is 2.67. The van der Waals surface area contributed by atoms with Gasteiger partial charge in [-0.1, -0.05) is 30.3 Å². The number of ether oxygens (including phenoxy) is 1. The summed E-state index contributed by atoms with van der Waals surface area (Å²) in [5.41, 5.74) is 7.47. The number of amides is 1. The molecule has 0 atom stereocenters. The van der Waals surface area contributed by atoms with E-state index in [0.29, 0.717) is 25.7 Å². The number of piperidine rings is 1. The van der Waals surface area contributed by atoms with Crippen LogP contribution < -0.4 is 10.5 Å². The van der Waals surface area contributed by atoms with Crippen molar-refractivity contribution in [2.24, 2.45) is 0 Å². The normalized spacial score (nSPS) is 15.1. The summed E-state index contributed by atoms with van der Waals surface area (Å²) >= 11 is 1.61. The molecule has 1 aliphatic rings. The molecule has 1 saturated heterocycles. The van der Waals surface area contributed by atoms with Crippen LogP contribution in [0.4, 0.5) is 10.5 Å². The quantitative estimate of drug-likeness (QED) is 0.631. The van der Waals surface area contributed by atoms with E-state index in [0.717, 1.165) is 29.0 Å². The second kappa shape index (κ2) is 8.78. The average molecular weight is 357 g/mol. The van der Waals surface area contributed by atoms with Gasteiger partial charge in [0.25, 0.3) is 0 Å². The highest BCUT2D eigenvalue weighted by Crippen LogP contribution is 2.20. The molecule has 3 N–H and O–H groups in total. The Morgan fingerprint density at radius 1 is 1.12 bits per heavy atom. The maximum absolute atomic E-state index is 12.2. The zero-order valence-electron chi connectivity index (χ0n) is 14.1. The number of nitrogens with one attached hydrogen (secondary N) is 1. The smallest absolute Gasteiger partial charge is 0.410 e. The van der Waals surface area contributed by atoms with Gasteiger partial charge in [-0.05, 0) is 54.6 Å². The van der Waals surface area contributed by atoms with E-state index in [-0.39, 0.29) is 6.09 Å². The molecule has 0 unspecified atom stereocenters. The summed E-state index contributed by atoms with van der Waals surface area (Å²) in [6, 6.07) is 17.9. The summed E-state index contributed by atoms with van der Waals surface area (Å²) in [6.45, 7) is 1.76. The van der Waals surface area contributed by atoms with Gasteiger partial charge in [0.1, 0.15) is 6.61 Å². The van der Waals surface area contributed by atoms with Crippen molar-refractivity contribution >= 4 is 23.7 Å². The molecule has 0 bridgehead atoms. The number of hydrogen-bond donors (Lipinski definition) is 2. The fraction of sp³-hybridized carbons (Fsp3) is 0.316. The molecule has 2 aromatic carbocycles. The lowest BCUT2D eigenvalue weighted by Crippen LogP contribution is -2.43. The van der Waals surface area contributed by atoms with Crippen LogP contribution in [0.5, 0.6) is 0 Å². The van der Waals surface area contributed by atoms with E-state index in [4.69, 9.17) is 10.5 Å². The second-order valence-electron chi connectivity index (χ2n) is 6.09. The zero-order chi connectivity index (χ0) is 17.5. The number of nitrogen functional groups attached to an aromatic ring is 1. The van der Waals surface area contributed by atoms with Gasteiger partial charge in [0.15, 0.2) is 0 Å². The van der Waals surface area contributed by atoms with Crippen molar-refractivity contribution in [1.82, 2.24) is 9.62 Å². The first kappa shape index (κ1) is 17.6. The van der Waals surface area contributed by atoms with Gasteiger partial charge in [-0.25, -0.2) is 4.79 Å². The van der Waals surface area contributed by atoms with E-state index in [2.05, 4.69) is 4.72 Å². The van der Waals surface area contributed by atoms with Gasteiger partial charge in [-0.15, -0.1) is 0 Å². The highest BCUT2D eigenvalue weighted by atomic mass is 32.2. The Morgan fingerprint density at radius 3 is 2.48 bits per heavy atom. The lowest BCUT2D eigenvalue weighted by Gasteiger charge is -2.31. The van der Waals surface area contributed by atoms with Crippen molar-refractivity contribution < 1.29 is 9.53 Å². The van der Waals surface area contributed by atoms with Crippen LogP contribution in [0.3, 0.4) is 0 Å². The van der Waals surface area contributed by atoms with Gasteiger partial charge < -0.3 is 15.4 Å². The molecule has 6 heteroatoms. The third-order valence-corrected chi connectivity index (χ3v) is 5.14. The third kappa shape index (κ3) is 5.41. The van der Waals surface area contributed by atoms with Gasteiger partial charge in [0.05, 0.1) is 0 Å². The molecule has 1 fully saturated rings. The standard InChI is InChI=1S/C19H23N3O2S/c20-16-6-8-18(9-7-16)25-21-17-10-12-22(13-11-17)19(23)24-14-15-4-2-1-3-5-15/h1-9,17,21H,10-14,20H2. The monoisotopic (exact) mass is 357 g/mol. The third-order valence-electron chi connectivity index (χ3n) is 4.18. The summed E-state index contributed by atoms with van der Waals surface area (Å²) in [7, 11) is 0. The minimum Gasteiger partial charge on any atom is -0.445 e. The van der Waals surface area contributed by atoms with Crippen molar-refractivity contribution in [2.45, 2.75) is 30.4 Å². The lowest BCUT2D eigenvalue weighted by atomic mass is 10.1. The van der Waals surface area contributed by atoms with Gasteiger partial charge in [-0.3, -0.25) is 4.72 Å². The molecule has 5 nitrogen and oxygen atoms in total. The highest BCUT2D eigenvalue weighted by Gasteiger charge is 2.23. The topological polar surface area (TPSA) is 67.6 Å². The Hall–Kier alpha value is -2.18. The number of hydrogen-bond acceptors (Lipinski definition) is 5. The van der Waals surface area contributed by atoms with Gasteiger partial charge in [0, 0.05) is 29.7 Å². The van der Waals surface area contributed by atoms with Crippen molar-refractivity contribution in [2.75, 3.05) is 18.8 Å². The van der Waals surface area contributed by atoms with Crippen LogP contribution in [-0.2, 0) is 11.3 Å². The number of nitrogens with zero attached hydrogens (tertiary/aromatic N) is 1. The van der Waals surface area contributed by atoms with Gasteiger partial charge in [0.2, 0.25) is 0 Å². The molecule has 25 heavy (non-hydrogen) atoms. The Kier molecular flexibility index (Phi) is 6.19. The van der Waals surface area contributed by atoms with Crippen LogP contribution in [0.2, 0.25) is 0 Å². The van der Waals surface area contributed by atoms with E-state index in [1.807, 2.05) is 54.6 Å². The number of anilines is 1. The number of carbonyl (C=O) groups is 1. The Bertz CT molecular complexity index is 671. The summed E-state index contributed by atoms with van der Waals surface area (Å²) < 4.78 is 8.86. The molecule has 3 rings (SSSR count). The molecular formula is C19H23N3O2S. The predicted octanol–water partition coefficient (Wildman–Crippen LogP) is 3.67. The zero-order valence-corrected chi connectivity index (χ0v) is 14.9. The second-order valence-corrected chi connectivity index (χ2v) is 7.00. The van der Waals surface area contributed by atoms with E-state index in [1.54, 1.807) is 16.8 Å².